The summed E-state index contributed by atoms with van der Waals surface area (Å²) in [4.78, 5) is 0. The van der Waals surface area contributed by atoms with Gasteiger partial charge >= 0.3 is 0 Å². The lowest BCUT2D eigenvalue weighted by atomic mass is 10.1. The smallest absolute Gasteiger partial charge is 0.119 e. The van der Waals surface area contributed by atoms with Gasteiger partial charge < -0.3 is 18.9 Å². The zero-order chi connectivity index (χ0) is 41.6. The molecular formula is C50H70N4O4S. The van der Waals surface area contributed by atoms with Crippen LogP contribution in [0.3, 0.4) is 0 Å². The van der Waals surface area contributed by atoms with Crippen LogP contribution in [0.2, 0.25) is 0 Å². The highest BCUT2D eigenvalue weighted by molar-refractivity contribution is 7.99. The Morgan fingerprint density at radius 2 is 0.712 bits per heavy atom. The van der Waals surface area contributed by atoms with Crippen molar-refractivity contribution in [1.29, 1.82) is 0 Å². The van der Waals surface area contributed by atoms with E-state index >= 15 is 0 Å². The largest absolute Gasteiger partial charge is 0.494 e. The molecule has 0 aliphatic carbocycles. The molecule has 0 saturated heterocycles. The summed E-state index contributed by atoms with van der Waals surface area (Å²) in [5.41, 5.74) is 5.44. The van der Waals surface area contributed by atoms with Crippen molar-refractivity contribution in [2.75, 3.05) is 37.9 Å². The average Bonchev–Trinajstić information content (AvgIpc) is 3.24. The minimum atomic E-state index is 0.653. The van der Waals surface area contributed by atoms with Crippen LogP contribution in [0.1, 0.15) is 128 Å². The van der Waals surface area contributed by atoms with Gasteiger partial charge in [0.05, 0.1) is 49.2 Å². The van der Waals surface area contributed by atoms with Gasteiger partial charge in [-0.2, -0.15) is 32.2 Å². The molecule has 0 aliphatic heterocycles. The fourth-order valence-electron chi connectivity index (χ4n) is 6.65. The summed E-state index contributed by atoms with van der Waals surface area (Å²) in [6.07, 6.45) is 20.9. The van der Waals surface area contributed by atoms with Crippen LogP contribution in [0.5, 0.6) is 23.0 Å². The molecule has 0 fully saturated rings. The van der Waals surface area contributed by atoms with E-state index in [0.29, 0.717) is 13.2 Å². The standard InChI is InChI=1S/C50H70N4O4S/c1-5-55-45-27-23-43(24-28-45)51-53-49-33-31-47(39-41(49)3)57-35-19-15-11-7-9-13-17-21-37-59-38-22-18-14-10-8-12-16-20-36-58-48-32-34-50(42(4)40-48)54-52-44-25-29-46(30-26-44)56-6-2/h23-34,39-40H,5-22,35-38H2,1-4H3. The summed E-state index contributed by atoms with van der Waals surface area (Å²) in [5.74, 6) is 6.15. The summed E-state index contributed by atoms with van der Waals surface area (Å²) in [5, 5.41) is 17.6. The Morgan fingerprint density at radius 1 is 0.373 bits per heavy atom. The fraction of sp³-hybridized carbons (Fsp3) is 0.520. The number of benzene rings is 4. The van der Waals surface area contributed by atoms with Gasteiger partial charge in [-0.15, -0.1) is 0 Å². The van der Waals surface area contributed by atoms with Crippen molar-refractivity contribution in [2.45, 2.75) is 130 Å². The van der Waals surface area contributed by atoms with E-state index in [1.54, 1.807) is 0 Å². The van der Waals surface area contributed by atoms with E-state index in [9.17, 15) is 0 Å². The van der Waals surface area contributed by atoms with Crippen molar-refractivity contribution < 1.29 is 18.9 Å². The summed E-state index contributed by atoms with van der Waals surface area (Å²) in [6, 6.07) is 27.4. The predicted octanol–water partition coefficient (Wildman–Crippen LogP) is 16.4. The van der Waals surface area contributed by atoms with Crippen LogP contribution in [0.25, 0.3) is 0 Å². The van der Waals surface area contributed by atoms with Crippen molar-refractivity contribution in [3.8, 4) is 23.0 Å². The molecule has 0 saturated carbocycles. The van der Waals surface area contributed by atoms with Gasteiger partial charge in [-0.05, 0) is 161 Å². The molecule has 9 heteroatoms. The van der Waals surface area contributed by atoms with E-state index < -0.39 is 0 Å². The lowest BCUT2D eigenvalue weighted by molar-refractivity contribution is 0.304. The fourth-order valence-corrected chi connectivity index (χ4v) is 7.67. The lowest BCUT2D eigenvalue weighted by Crippen LogP contribution is -1.97. The van der Waals surface area contributed by atoms with Crippen molar-refractivity contribution in [1.82, 2.24) is 0 Å². The molecule has 0 aliphatic rings. The Balaban J connectivity index is 0.870. The van der Waals surface area contributed by atoms with E-state index in [4.69, 9.17) is 18.9 Å². The second kappa shape index (κ2) is 29.8. The number of unbranched alkanes of at least 4 members (excludes halogenated alkanes) is 14. The molecule has 320 valence electrons. The van der Waals surface area contributed by atoms with Gasteiger partial charge in [0.1, 0.15) is 23.0 Å². The van der Waals surface area contributed by atoms with Gasteiger partial charge in [0.15, 0.2) is 0 Å². The molecule has 59 heavy (non-hydrogen) atoms. The molecule has 0 aromatic heterocycles. The Hall–Kier alpha value is -4.37. The molecule has 4 rings (SSSR count). The van der Waals surface area contributed by atoms with Crippen LogP contribution < -0.4 is 18.9 Å². The molecule has 0 radical (unpaired) electrons. The number of thioether (sulfide) groups is 1. The first kappa shape index (κ1) is 47.3. The molecule has 0 N–H and O–H groups in total. The normalized spacial score (nSPS) is 11.5. The number of azo groups is 2. The number of aryl methyl sites for hydroxylation is 2. The number of hydrogen-bond donors (Lipinski definition) is 0. The number of ether oxygens (including phenoxy) is 4. The zero-order valence-electron chi connectivity index (χ0n) is 36.5. The van der Waals surface area contributed by atoms with Gasteiger partial charge in [-0.1, -0.05) is 77.0 Å². The Kier molecular flexibility index (Phi) is 23.9. The molecule has 4 aromatic carbocycles. The monoisotopic (exact) mass is 823 g/mol. The maximum Gasteiger partial charge on any atom is 0.119 e. The van der Waals surface area contributed by atoms with E-state index in [2.05, 4.69) is 44.4 Å². The molecule has 8 nitrogen and oxygen atoms in total. The van der Waals surface area contributed by atoms with Gasteiger partial charge in [0, 0.05) is 0 Å². The third-order valence-electron chi connectivity index (χ3n) is 10.1. The predicted molar refractivity (Wildman–Crippen MR) is 248 cm³/mol. The molecule has 0 bridgehead atoms. The summed E-state index contributed by atoms with van der Waals surface area (Å²) >= 11 is 2.16. The zero-order valence-corrected chi connectivity index (χ0v) is 37.3. The summed E-state index contributed by atoms with van der Waals surface area (Å²) < 4.78 is 23.0. The third kappa shape index (κ3) is 20.4. The van der Waals surface area contributed by atoms with Crippen LogP contribution in [0.15, 0.2) is 105 Å². The quantitative estimate of drug-likeness (QED) is 0.0362. The van der Waals surface area contributed by atoms with Crippen LogP contribution in [-0.2, 0) is 0 Å². The van der Waals surface area contributed by atoms with Crippen molar-refractivity contribution in [3.05, 3.63) is 96.1 Å². The minimum absolute atomic E-state index is 0.653. The van der Waals surface area contributed by atoms with E-state index in [1.807, 2.05) is 100 Å². The van der Waals surface area contributed by atoms with Crippen LogP contribution in [-0.4, -0.2) is 37.9 Å². The molecule has 0 atom stereocenters. The maximum atomic E-state index is 6.02. The van der Waals surface area contributed by atoms with Gasteiger partial charge in [0.25, 0.3) is 0 Å². The second-order valence-electron chi connectivity index (χ2n) is 15.1. The van der Waals surface area contributed by atoms with Crippen LogP contribution in [0, 0.1) is 13.8 Å². The SMILES string of the molecule is CCOc1ccc(N=Nc2ccc(OCCCCCCCCCCSCCCCCCCCCCOc3ccc(N=Nc4ccc(OCC)cc4)c(C)c3)cc2C)cc1. The number of rotatable bonds is 32. The summed E-state index contributed by atoms with van der Waals surface area (Å²) in [6.45, 7) is 10.9. The lowest BCUT2D eigenvalue weighted by Gasteiger charge is -2.08. The van der Waals surface area contributed by atoms with E-state index in [-0.39, 0.29) is 0 Å². The topological polar surface area (TPSA) is 86.4 Å². The highest BCUT2D eigenvalue weighted by atomic mass is 32.2. The second-order valence-corrected chi connectivity index (χ2v) is 16.3. The Bertz CT molecular complexity index is 1640. The van der Waals surface area contributed by atoms with Gasteiger partial charge in [0.2, 0.25) is 0 Å². The first-order valence-corrected chi connectivity index (χ1v) is 23.5. The Labute approximate surface area is 360 Å². The van der Waals surface area contributed by atoms with Crippen molar-refractivity contribution >= 4 is 34.5 Å². The first-order valence-electron chi connectivity index (χ1n) is 22.4. The van der Waals surface area contributed by atoms with Gasteiger partial charge in [-0.25, -0.2) is 0 Å². The highest BCUT2D eigenvalue weighted by Crippen LogP contribution is 2.29. The molecule has 0 spiro atoms. The molecule has 4 aromatic rings. The summed E-state index contributed by atoms with van der Waals surface area (Å²) in [7, 11) is 0. The van der Waals surface area contributed by atoms with Crippen LogP contribution >= 0.6 is 11.8 Å². The van der Waals surface area contributed by atoms with Crippen molar-refractivity contribution in [3.63, 3.8) is 0 Å². The molecule has 0 unspecified atom stereocenters. The highest BCUT2D eigenvalue weighted by Gasteiger charge is 2.04. The first-order chi connectivity index (χ1) is 29.0. The minimum Gasteiger partial charge on any atom is -0.494 e. The molecule has 0 heterocycles. The van der Waals surface area contributed by atoms with E-state index in [0.717, 1.165) is 82.9 Å². The molecular weight excluding hydrogens is 753 g/mol. The third-order valence-corrected chi connectivity index (χ3v) is 11.2. The van der Waals surface area contributed by atoms with Gasteiger partial charge in [-0.3, -0.25) is 0 Å². The average molecular weight is 823 g/mol. The van der Waals surface area contributed by atoms with Crippen LogP contribution in [0.4, 0.5) is 22.7 Å². The Morgan fingerprint density at radius 3 is 1.07 bits per heavy atom. The number of nitrogens with zero attached hydrogens (tertiary/aromatic N) is 4. The van der Waals surface area contributed by atoms with E-state index in [1.165, 1.54) is 101 Å². The maximum absolute atomic E-state index is 6.02. The number of hydrogen-bond acceptors (Lipinski definition) is 9. The molecule has 0 amide bonds. The van der Waals surface area contributed by atoms with Crippen molar-refractivity contribution in [2.24, 2.45) is 20.5 Å².